The molecule has 0 saturated heterocycles. The molecule has 0 saturated carbocycles. The van der Waals surface area contributed by atoms with Crippen molar-refractivity contribution >= 4 is 16.7 Å². The van der Waals surface area contributed by atoms with Crippen LogP contribution in [0.15, 0.2) is 66.8 Å². The number of hydrogen-bond donors (Lipinski definition) is 0. The zero-order valence-corrected chi connectivity index (χ0v) is 12.1. The van der Waals surface area contributed by atoms with Gasteiger partial charge in [-0.2, -0.15) is 0 Å². The zero-order valence-electron chi connectivity index (χ0n) is 12.1. The molecule has 0 N–H and O–H groups in total. The summed E-state index contributed by atoms with van der Waals surface area (Å²) in [5, 5.41) is 1.91. The van der Waals surface area contributed by atoms with Gasteiger partial charge in [-0.3, -0.25) is 0 Å². The Morgan fingerprint density at radius 3 is 2.52 bits per heavy atom. The minimum Gasteiger partial charge on any atom is -0.422 e. The van der Waals surface area contributed by atoms with Crippen molar-refractivity contribution < 1.29 is 14.3 Å². The standard InChI is InChI=1S/C18H18O3/c1-13(2)11-20-12-14(3)18(19)21-17-10-6-8-15-7-4-5-9-16(15)17/h4-10H,1,3,11-12H2,2H3. The molecule has 0 aromatic heterocycles. The summed E-state index contributed by atoms with van der Waals surface area (Å²) in [7, 11) is 0. The van der Waals surface area contributed by atoms with E-state index in [2.05, 4.69) is 13.2 Å². The Hall–Kier alpha value is -2.39. The molecule has 0 aliphatic carbocycles. The van der Waals surface area contributed by atoms with Gasteiger partial charge < -0.3 is 9.47 Å². The van der Waals surface area contributed by atoms with Crippen LogP contribution in [-0.2, 0) is 9.53 Å². The molecule has 0 bridgehead atoms. The van der Waals surface area contributed by atoms with E-state index in [1.165, 1.54) is 0 Å². The number of benzene rings is 2. The van der Waals surface area contributed by atoms with Crippen LogP contribution < -0.4 is 4.74 Å². The Labute approximate surface area is 124 Å². The van der Waals surface area contributed by atoms with Gasteiger partial charge in [-0.25, -0.2) is 4.79 Å². The van der Waals surface area contributed by atoms with E-state index in [0.717, 1.165) is 16.3 Å². The highest BCUT2D eigenvalue weighted by Gasteiger charge is 2.12. The lowest BCUT2D eigenvalue weighted by Gasteiger charge is -2.09. The molecule has 0 amide bonds. The summed E-state index contributed by atoms with van der Waals surface area (Å²) in [6.07, 6.45) is 0. The lowest BCUT2D eigenvalue weighted by atomic mass is 10.1. The van der Waals surface area contributed by atoms with Crippen LogP contribution in [0.3, 0.4) is 0 Å². The first-order chi connectivity index (χ1) is 10.1. The molecule has 0 spiro atoms. The molecular weight excluding hydrogens is 264 g/mol. The normalized spacial score (nSPS) is 10.3. The Balaban J connectivity index is 2.04. The van der Waals surface area contributed by atoms with Crippen LogP contribution in [0.25, 0.3) is 10.8 Å². The van der Waals surface area contributed by atoms with Crippen LogP contribution in [0, 0.1) is 0 Å². The minimum absolute atomic E-state index is 0.135. The van der Waals surface area contributed by atoms with Crippen LogP contribution in [-0.4, -0.2) is 19.2 Å². The van der Waals surface area contributed by atoms with Crippen LogP contribution in [0.5, 0.6) is 5.75 Å². The van der Waals surface area contributed by atoms with Crippen LogP contribution >= 0.6 is 0 Å². The summed E-state index contributed by atoms with van der Waals surface area (Å²) in [6.45, 7) is 9.82. The molecule has 3 heteroatoms. The fourth-order valence-electron chi connectivity index (χ4n) is 1.86. The summed E-state index contributed by atoms with van der Waals surface area (Å²) < 4.78 is 10.7. The fourth-order valence-corrected chi connectivity index (χ4v) is 1.86. The van der Waals surface area contributed by atoms with E-state index in [1.807, 2.05) is 43.3 Å². The third-order valence-electron chi connectivity index (χ3n) is 2.87. The van der Waals surface area contributed by atoms with Gasteiger partial charge in [0.25, 0.3) is 0 Å². The van der Waals surface area contributed by atoms with E-state index in [1.54, 1.807) is 6.07 Å². The molecule has 0 aliphatic heterocycles. The molecule has 3 nitrogen and oxygen atoms in total. The maximum absolute atomic E-state index is 12.0. The Kier molecular flexibility index (Phi) is 4.90. The second-order valence-corrected chi connectivity index (χ2v) is 4.92. The first kappa shape index (κ1) is 15.0. The van der Waals surface area contributed by atoms with Gasteiger partial charge in [-0.05, 0) is 18.4 Å². The molecule has 0 heterocycles. The SMILES string of the molecule is C=C(C)COCC(=C)C(=O)Oc1cccc2ccccc12. The van der Waals surface area contributed by atoms with Gasteiger partial charge in [0.05, 0.1) is 18.8 Å². The summed E-state index contributed by atoms with van der Waals surface area (Å²) in [6, 6.07) is 13.3. The Bertz CT molecular complexity index is 680. The number of carbonyl (C=O) groups is 1. The molecule has 2 aromatic carbocycles. The molecule has 21 heavy (non-hydrogen) atoms. The van der Waals surface area contributed by atoms with Gasteiger partial charge in [0.1, 0.15) is 5.75 Å². The maximum Gasteiger partial charge on any atom is 0.341 e. The van der Waals surface area contributed by atoms with E-state index < -0.39 is 5.97 Å². The van der Waals surface area contributed by atoms with Crippen LogP contribution in [0.4, 0.5) is 0 Å². The second kappa shape index (κ2) is 6.86. The number of ether oxygens (including phenoxy) is 2. The van der Waals surface area contributed by atoms with Crippen LogP contribution in [0.1, 0.15) is 6.92 Å². The lowest BCUT2D eigenvalue weighted by molar-refractivity contribution is -0.130. The Morgan fingerprint density at radius 1 is 1.05 bits per heavy atom. The highest BCUT2D eigenvalue weighted by molar-refractivity contribution is 5.94. The summed E-state index contributed by atoms with van der Waals surface area (Å²) >= 11 is 0. The summed E-state index contributed by atoms with van der Waals surface area (Å²) in [5.74, 6) is 0.0484. The quantitative estimate of drug-likeness (QED) is 0.349. The van der Waals surface area contributed by atoms with Crippen molar-refractivity contribution in [2.75, 3.05) is 13.2 Å². The van der Waals surface area contributed by atoms with Crippen molar-refractivity contribution in [1.29, 1.82) is 0 Å². The van der Waals surface area contributed by atoms with Crippen molar-refractivity contribution in [1.82, 2.24) is 0 Å². The number of carbonyl (C=O) groups excluding carboxylic acids is 1. The highest BCUT2D eigenvalue weighted by Crippen LogP contribution is 2.25. The van der Waals surface area contributed by atoms with Gasteiger partial charge in [0.2, 0.25) is 0 Å². The molecule has 0 aliphatic rings. The maximum atomic E-state index is 12.0. The first-order valence-corrected chi connectivity index (χ1v) is 6.68. The fraction of sp³-hybridized carbons (Fsp3) is 0.167. The summed E-state index contributed by atoms with van der Waals surface area (Å²) in [5.41, 5.74) is 1.18. The van der Waals surface area contributed by atoms with Crippen molar-refractivity contribution in [3.63, 3.8) is 0 Å². The number of esters is 1. The lowest BCUT2D eigenvalue weighted by Crippen LogP contribution is -2.15. The highest BCUT2D eigenvalue weighted by atomic mass is 16.5. The number of rotatable bonds is 6. The predicted octanol–water partition coefficient (Wildman–Crippen LogP) is 3.89. The summed E-state index contributed by atoms with van der Waals surface area (Å²) in [4.78, 5) is 12.0. The van der Waals surface area contributed by atoms with Crippen LogP contribution in [0.2, 0.25) is 0 Å². The van der Waals surface area contributed by atoms with Crippen molar-refractivity contribution in [3.8, 4) is 5.75 Å². The van der Waals surface area contributed by atoms with Crippen molar-refractivity contribution in [2.45, 2.75) is 6.92 Å². The molecule has 2 rings (SSSR count). The average molecular weight is 282 g/mol. The molecule has 0 unspecified atom stereocenters. The number of hydrogen-bond acceptors (Lipinski definition) is 3. The molecule has 0 radical (unpaired) electrons. The predicted molar refractivity (Wildman–Crippen MR) is 84.4 cm³/mol. The van der Waals surface area contributed by atoms with E-state index in [0.29, 0.717) is 12.4 Å². The van der Waals surface area contributed by atoms with E-state index >= 15 is 0 Å². The van der Waals surface area contributed by atoms with E-state index in [-0.39, 0.29) is 12.2 Å². The third-order valence-corrected chi connectivity index (χ3v) is 2.87. The monoisotopic (exact) mass is 282 g/mol. The van der Waals surface area contributed by atoms with Gasteiger partial charge in [0.15, 0.2) is 0 Å². The number of fused-ring (bicyclic) bond motifs is 1. The molecule has 0 fully saturated rings. The molecule has 108 valence electrons. The second-order valence-electron chi connectivity index (χ2n) is 4.92. The molecular formula is C18H18O3. The Morgan fingerprint density at radius 2 is 1.76 bits per heavy atom. The van der Waals surface area contributed by atoms with Crippen molar-refractivity contribution in [3.05, 3.63) is 66.8 Å². The topological polar surface area (TPSA) is 35.5 Å². The minimum atomic E-state index is -0.479. The third kappa shape index (κ3) is 4.04. The smallest absolute Gasteiger partial charge is 0.341 e. The molecule has 2 aromatic rings. The van der Waals surface area contributed by atoms with Gasteiger partial charge in [-0.1, -0.05) is 55.1 Å². The van der Waals surface area contributed by atoms with Gasteiger partial charge in [-0.15, -0.1) is 0 Å². The largest absolute Gasteiger partial charge is 0.422 e. The zero-order chi connectivity index (χ0) is 15.2. The van der Waals surface area contributed by atoms with E-state index in [9.17, 15) is 4.79 Å². The van der Waals surface area contributed by atoms with E-state index in [4.69, 9.17) is 9.47 Å². The molecule has 0 atom stereocenters. The van der Waals surface area contributed by atoms with Gasteiger partial charge in [0, 0.05) is 5.39 Å². The van der Waals surface area contributed by atoms with Crippen molar-refractivity contribution in [2.24, 2.45) is 0 Å². The average Bonchev–Trinajstić information content (AvgIpc) is 2.47. The first-order valence-electron chi connectivity index (χ1n) is 6.68. The van der Waals surface area contributed by atoms with Gasteiger partial charge >= 0.3 is 5.97 Å².